The van der Waals surface area contributed by atoms with Gasteiger partial charge in [0.1, 0.15) is 6.04 Å². The van der Waals surface area contributed by atoms with Gasteiger partial charge >= 0.3 is 0 Å². The van der Waals surface area contributed by atoms with Crippen molar-refractivity contribution in [1.29, 1.82) is 0 Å². The fraction of sp³-hybridized carbons (Fsp3) is 0.111. The molecule has 2 aromatic heterocycles. The zero-order valence-electron chi connectivity index (χ0n) is 7.42. The third-order valence-corrected chi connectivity index (χ3v) is 2.59. The summed E-state index contributed by atoms with van der Waals surface area (Å²) in [7, 11) is 0. The largest absolute Gasteiger partial charge is 0.270 e. The van der Waals surface area contributed by atoms with Crippen LogP contribution in [-0.4, -0.2) is 9.97 Å². The van der Waals surface area contributed by atoms with Gasteiger partial charge in [-0.15, -0.1) is 0 Å². The van der Waals surface area contributed by atoms with E-state index in [0.717, 1.165) is 5.56 Å². The molecule has 1 unspecified atom stereocenters. The Morgan fingerprint density at radius 1 is 1.36 bits per heavy atom. The first kappa shape index (κ1) is 9.26. The first-order chi connectivity index (χ1) is 6.92. The van der Waals surface area contributed by atoms with Crippen LogP contribution in [0.4, 0.5) is 0 Å². The molecule has 3 N–H and O–H groups in total. The summed E-state index contributed by atoms with van der Waals surface area (Å²) in [4.78, 5) is 8.31. The van der Waals surface area contributed by atoms with Crippen molar-refractivity contribution >= 4 is 11.3 Å². The van der Waals surface area contributed by atoms with Crippen LogP contribution in [0.25, 0.3) is 0 Å². The summed E-state index contributed by atoms with van der Waals surface area (Å²) >= 11 is 1.63. The van der Waals surface area contributed by atoms with Gasteiger partial charge in [-0.2, -0.15) is 11.3 Å². The van der Waals surface area contributed by atoms with Crippen LogP contribution in [0.15, 0.2) is 35.3 Å². The Morgan fingerprint density at radius 3 is 2.71 bits per heavy atom. The molecule has 2 aromatic rings. The van der Waals surface area contributed by atoms with Crippen LogP contribution in [0.3, 0.4) is 0 Å². The third-order valence-electron chi connectivity index (χ3n) is 1.89. The molecular formula is C9H10N4S. The highest BCUT2D eigenvalue weighted by Crippen LogP contribution is 2.19. The average Bonchev–Trinajstić information content (AvgIpc) is 2.74. The molecular weight excluding hydrogens is 196 g/mol. The van der Waals surface area contributed by atoms with Crippen molar-refractivity contribution in [2.75, 3.05) is 0 Å². The minimum atomic E-state index is -0.123. The van der Waals surface area contributed by atoms with Crippen molar-refractivity contribution in [3.05, 3.63) is 46.7 Å². The molecule has 0 aliphatic rings. The number of hydrogen-bond acceptors (Lipinski definition) is 5. The third kappa shape index (κ3) is 1.79. The van der Waals surface area contributed by atoms with Gasteiger partial charge in [0, 0.05) is 12.4 Å². The van der Waals surface area contributed by atoms with E-state index in [4.69, 9.17) is 5.84 Å². The van der Waals surface area contributed by atoms with Crippen LogP contribution in [-0.2, 0) is 0 Å². The lowest BCUT2D eigenvalue weighted by Gasteiger charge is -2.11. The Morgan fingerprint density at radius 2 is 2.14 bits per heavy atom. The molecule has 0 aromatic carbocycles. The molecule has 0 bridgehead atoms. The molecule has 5 heteroatoms. The number of aromatic nitrogens is 2. The molecule has 0 aliphatic carbocycles. The molecule has 2 heterocycles. The quantitative estimate of drug-likeness (QED) is 0.583. The highest BCUT2D eigenvalue weighted by atomic mass is 32.1. The van der Waals surface area contributed by atoms with E-state index in [9.17, 15) is 0 Å². The van der Waals surface area contributed by atoms with Gasteiger partial charge < -0.3 is 0 Å². The zero-order valence-corrected chi connectivity index (χ0v) is 8.24. The van der Waals surface area contributed by atoms with E-state index in [-0.39, 0.29) is 6.04 Å². The van der Waals surface area contributed by atoms with E-state index in [1.54, 1.807) is 29.8 Å². The predicted octanol–water partition coefficient (Wildman–Crippen LogP) is 1.09. The van der Waals surface area contributed by atoms with Gasteiger partial charge in [0.2, 0.25) is 0 Å². The molecule has 1 atom stereocenters. The lowest BCUT2D eigenvalue weighted by molar-refractivity contribution is 0.603. The molecule has 0 saturated heterocycles. The standard InChI is InChI=1S/C9H10N4S/c10-13-8(7-2-5-14-6-7)9-11-3-1-4-12-9/h1-6,8,13H,10H2. The van der Waals surface area contributed by atoms with Crippen LogP contribution in [0.2, 0.25) is 0 Å². The molecule has 0 amide bonds. The normalized spacial score (nSPS) is 12.6. The molecule has 14 heavy (non-hydrogen) atoms. The number of nitrogens with two attached hydrogens (primary N) is 1. The first-order valence-corrected chi connectivity index (χ1v) is 5.11. The molecule has 0 fully saturated rings. The van der Waals surface area contributed by atoms with Crippen LogP contribution < -0.4 is 11.3 Å². The Kier molecular flexibility index (Phi) is 2.83. The summed E-state index contributed by atoms with van der Waals surface area (Å²) < 4.78 is 0. The Balaban J connectivity index is 2.31. The molecule has 0 spiro atoms. The molecule has 0 saturated carbocycles. The summed E-state index contributed by atoms with van der Waals surface area (Å²) in [6, 6.07) is 3.67. The van der Waals surface area contributed by atoms with Crippen molar-refractivity contribution in [3.63, 3.8) is 0 Å². The number of nitrogens with zero attached hydrogens (tertiary/aromatic N) is 2. The van der Waals surface area contributed by atoms with Gasteiger partial charge in [0.15, 0.2) is 5.82 Å². The predicted molar refractivity (Wildman–Crippen MR) is 55.5 cm³/mol. The van der Waals surface area contributed by atoms with E-state index in [2.05, 4.69) is 15.4 Å². The summed E-state index contributed by atoms with van der Waals surface area (Å²) in [5, 5.41) is 4.03. The van der Waals surface area contributed by atoms with Gasteiger partial charge in [-0.3, -0.25) is 5.84 Å². The summed E-state index contributed by atoms with van der Waals surface area (Å²) in [5.74, 6) is 6.16. The van der Waals surface area contributed by atoms with E-state index >= 15 is 0 Å². The topological polar surface area (TPSA) is 63.8 Å². The Labute approximate surface area is 85.8 Å². The average molecular weight is 206 g/mol. The van der Waals surface area contributed by atoms with Gasteiger partial charge in [-0.1, -0.05) is 0 Å². The molecule has 0 radical (unpaired) electrons. The van der Waals surface area contributed by atoms with Gasteiger partial charge in [0.05, 0.1) is 0 Å². The molecule has 72 valence electrons. The van der Waals surface area contributed by atoms with E-state index in [1.807, 2.05) is 16.8 Å². The second-order valence-corrected chi connectivity index (χ2v) is 3.54. The molecule has 4 nitrogen and oxygen atoms in total. The highest BCUT2D eigenvalue weighted by Gasteiger charge is 2.14. The van der Waals surface area contributed by atoms with Crippen molar-refractivity contribution < 1.29 is 0 Å². The number of thiophene rings is 1. The van der Waals surface area contributed by atoms with Gasteiger partial charge in [-0.25, -0.2) is 15.4 Å². The van der Waals surface area contributed by atoms with Gasteiger partial charge in [-0.05, 0) is 28.5 Å². The minimum absolute atomic E-state index is 0.123. The second-order valence-electron chi connectivity index (χ2n) is 2.76. The Bertz CT molecular complexity index is 373. The van der Waals surface area contributed by atoms with Crippen molar-refractivity contribution in [2.45, 2.75) is 6.04 Å². The first-order valence-electron chi connectivity index (χ1n) is 4.17. The Hall–Kier alpha value is -1.30. The number of hydrogen-bond donors (Lipinski definition) is 2. The number of hydrazine groups is 1. The molecule has 2 rings (SSSR count). The van der Waals surface area contributed by atoms with E-state index < -0.39 is 0 Å². The maximum Gasteiger partial charge on any atom is 0.150 e. The fourth-order valence-corrected chi connectivity index (χ4v) is 1.90. The highest BCUT2D eigenvalue weighted by molar-refractivity contribution is 7.07. The zero-order chi connectivity index (χ0) is 9.80. The summed E-state index contributed by atoms with van der Waals surface area (Å²) in [5.41, 5.74) is 3.79. The monoisotopic (exact) mass is 206 g/mol. The molecule has 0 aliphatic heterocycles. The second kappa shape index (κ2) is 4.28. The maximum atomic E-state index is 5.47. The minimum Gasteiger partial charge on any atom is -0.270 e. The van der Waals surface area contributed by atoms with E-state index in [0.29, 0.717) is 5.82 Å². The maximum absolute atomic E-state index is 5.47. The van der Waals surface area contributed by atoms with Crippen molar-refractivity contribution in [2.24, 2.45) is 5.84 Å². The number of rotatable bonds is 3. The van der Waals surface area contributed by atoms with Crippen LogP contribution in [0.1, 0.15) is 17.4 Å². The van der Waals surface area contributed by atoms with Crippen LogP contribution in [0.5, 0.6) is 0 Å². The summed E-state index contributed by atoms with van der Waals surface area (Å²) in [6.45, 7) is 0. The van der Waals surface area contributed by atoms with Gasteiger partial charge in [0.25, 0.3) is 0 Å². The fourth-order valence-electron chi connectivity index (χ4n) is 1.22. The number of nitrogens with one attached hydrogen (secondary N) is 1. The smallest absolute Gasteiger partial charge is 0.150 e. The van der Waals surface area contributed by atoms with Crippen LogP contribution >= 0.6 is 11.3 Å². The van der Waals surface area contributed by atoms with Crippen molar-refractivity contribution in [1.82, 2.24) is 15.4 Å². The lowest BCUT2D eigenvalue weighted by Crippen LogP contribution is -2.29. The SMILES string of the molecule is NNC(c1ccsc1)c1ncccn1. The van der Waals surface area contributed by atoms with Crippen LogP contribution in [0, 0.1) is 0 Å². The van der Waals surface area contributed by atoms with E-state index in [1.165, 1.54) is 0 Å². The lowest BCUT2D eigenvalue weighted by atomic mass is 10.1. The summed E-state index contributed by atoms with van der Waals surface area (Å²) in [6.07, 6.45) is 3.41. The van der Waals surface area contributed by atoms with Crippen molar-refractivity contribution in [3.8, 4) is 0 Å².